The standard InChI is InChI=1S/C51H79NO13.C7H5NO5/c1-30-16-12-11-13-17-31(2)42(61-8)28-38-21-19-36(7)51(60,65-38)48(57)49(58)52-23-15-14-18-39(52)50(59)64-43(33(4)26-37-20-22-40(53)44(27-37)62-9)29-41(54)32(3)25-35(6)46(56)47(63-10)45(55)34(5)24-30;9-7(10)13-6-3-1-5(2-4-6)8(11)12/h11-13,16-17,25,30,32-34,36-40,42-44,46-47,53,56,60H,14-15,18-24,26-29H2,1-10H3;1-4H,(H,9,10)/b13-11?,16-12+,31-17?,35-25+;/t30-,32-,33-,34-,36-,37+,38+,39+,40-,42+,43+,44-,46-,47+,51-;/m1./s1. The first-order valence-electron chi connectivity index (χ1n) is 27.2. The number of nitrogens with zero attached hydrogens (tertiary/aromatic N) is 2. The zero-order valence-corrected chi connectivity index (χ0v) is 46.9. The summed E-state index contributed by atoms with van der Waals surface area (Å²) in [6.07, 6.45) is 9.73. The average Bonchev–Trinajstić information content (AvgIpc) is 3.49. The molecular weight excluding hydrogens is 1010 g/mol. The Morgan fingerprint density at radius 1 is 0.872 bits per heavy atom. The summed E-state index contributed by atoms with van der Waals surface area (Å²) >= 11 is 0. The highest BCUT2D eigenvalue weighted by Gasteiger charge is 2.53. The summed E-state index contributed by atoms with van der Waals surface area (Å²) in [6, 6.07) is 3.62. The van der Waals surface area contributed by atoms with Crippen LogP contribution in [0.5, 0.6) is 5.75 Å². The molecule has 20 heteroatoms. The summed E-state index contributed by atoms with van der Waals surface area (Å²) < 4.78 is 33.6. The molecule has 1 aromatic rings. The molecular formula is C58H84N2O18. The Kier molecular flexibility index (Phi) is 25.7. The number of hydrogen-bond acceptors (Lipinski definition) is 17. The first-order valence-corrected chi connectivity index (χ1v) is 27.2. The number of carbonyl (C=O) groups is 6. The van der Waals surface area contributed by atoms with E-state index in [1.54, 1.807) is 41.1 Å². The van der Waals surface area contributed by atoms with Crippen LogP contribution in [0.1, 0.15) is 126 Å². The van der Waals surface area contributed by atoms with Crippen molar-refractivity contribution in [2.24, 2.45) is 35.5 Å². The van der Waals surface area contributed by atoms with E-state index in [1.165, 1.54) is 24.1 Å². The molecule has 2 bridgehead atoms. The highest BCUT2D eigenvalue weighted by Crippen LogP contribution is 2.38. The van der Waals surface area contributed by atoms with Gasteiger partial charge in [0.25, 0.3) is 17.4 Å². The molecule has 5 rings (SSSR count). The molecule has 78 heavy (non-hydrogen) atoms. The molecule has 3 aliphatic heterocycles. The maximum absolute atomic E-state index is 14.4. The predicted molar refractivity (Wildman–Crippen MR) is 287 cm³/mol. The number of nitro benzene ring substituents is 1. The lowest BCUT2D eigenvalue weighted by Crippen LogP contribution is -2.61. The number of carbonyl (C=O) groups excluding carboxylic acids is 5. The van der Waals surface area contributed by atoms with Crippen LogP contribution in [0.4, 0.5) is 10.5 Å². The van der Waals surface area contributed by atoms with E-state index in [0.717, 1.165) is 24.1 Å². The van der Waals surface area contributed by atoms with Crippen LogP contribution in [-0.4, -0.2) is 148 Å². The summed E-state index contributed by atoms with van der Waals surface area (Å²) in [6.45, 7) is 12.7. The highest BCUT2D eigenvalue weighted by molar-refractivity contribution is 6.39. The molecule has 1 aliphatic carbocycles. The fraction of sp³-hybridized carbons (Fsp3) is 0.655. The molecule has 4 N–H and O–H groups in total. The van der Waals surface area contributed by atoms with Crippen molar-refractivity contribution < 1.29 is 82.5 Å². The number of rotatable bonds is 8. The number of allylic oxidation sites excluding steroid dienone is 6. The van der Waals surface area contributed by atoms with E-state index in [9.17, 15) is 54.2 Å². The third-order valence-electron chi connectivity index (χ3n) is 15.7. The van der Waals surface area contributed by atoms with E-state index < -0.39 is 94.9 Å². The molecule has 2 saturated heterocycles. The zero-order valence-electron chi connectivity index (χ0n) is 46.9. The highest BCUT2D eigenvalue weighted by atomic mass is 16.7. The lowest BCUT2D eigenvalue weighted by Gasteiger charge is -2.42. The third-order valence-corrected chi connectivity index (χ3v) is 15.7. The Bertz CT molecular complexity index is 2330. The van der Waals surface area contributed by atoms with Gasteiger partial charge < -0.3 is 53.7 Å². The Balaban J connectivity index is 0.000000880. The van der Waals surface area contributed by atoms with Gasteiger partial charge in [-0.3, -0.25) is 29.3 Å². The van der Waals surface area contributed by atoms with Gasteiger partial charge in [-0.2, -0.15) is 0 Å². The van der Waals surface area contributed by atoms with Crippen LogP contribution >= 0.6 is 0 Å². The molecule has 1 saturated carbocycles. The normalized spacial score (nSPS) is 34.1. The smallest absolute Gasteiger partial charge is 0.460 e. The van der Waals surface area contributed by atoms with Crippen molar-refractivity contribution in [1.82, 2.24) is 4.90 Å². The summed E-state index contributed by atoms with van der Waals surface area (Å²) in [4.78, 5) is 91.4. The number of cyclic esters (lactones) is 1. The van der Waals surface area contributed by atoms with Gasteiger partial charge in [-0.05, 0) is 119 Å². The number of non-ortho nitro benzene ring substituents is 1. The molecule has 4 aliphatic rings. The summed E-state index contributed by atoms with van der Waals surface area (Å²) in [5.74, 6) is -7.91. The number of aliphatic hydroxyl groups excluding tert-OH is 2. The second kappa shape index (κ2) is 30.8. The fourth-order valence-electron chi connectivity index (χ4n) is 10.9. The van der Waals surface area contributed by atoms with Crippen molar-refractivity contribution in [2.75, 3.05) is 27.9 Å². The van der Waals surface area contributed by atoms with Crippen LogP contribution in [-0.2, 0) is 47.7 Å². The van der Waals surface area contributed by atoms with Crippen molar-refractivity contribution in [3.63, 3.8) is 0 Å². The van der Waals surface area contributed by atoms with Gasteiger partial charge in [0.15, 0.2) is 5.78 Å². The van der Waals surface area contributed by atoms with Gasteiger partial charge in [0.2, 0.25) is 5.79 Å². The Morgan fingerprint density at radius 3 is 2.19 bits per heavy atom. The molecule has 1 amide bonds. The number of fused-ring (bicyclic) bond motifs is 3. The maximum atomic E-state index is 14.4. The molecule has 20 nitrogen and oxygen atoms in total. The Hall–Kier alpha value is -5.48. The van der Waals surface area contributed by atoms with E-state index >= 15 is 0 Å². The van der Waals surface area contributed by atoms with Crippen molar-refractivity contribution in [1.29, 1.82) is 0 Å². The number of piperidine rings is 1. The predicted octanol–water partition coefficient (Wildman–Crippen LogP) is 7.83. The van der Waals surface area contributed by atoms with Crippen LogP contribution in [0.2, 0.25) is 0 Å². The minimum Gasteiger partial charge on any atom is -0.460 e. The van der Waals surface area contributed by atoms with Crippen molar-refractivity contribution in [2.45, 2.75) is 180 Å². The summed E-state index contributed by atoms with van der Waals surface area (Å²) in [5.41, 5.74) is 1.15. The second-order valence-corrected chi connectivity index (χ2v) is 21.7. The fourth-order valence-corrected chi connectivity index (χ4v) is 10.9. The number of aliphatic hydroxyl groups is 3. The minimum atomic E-state index is -2.43. The number of benzene rings is 1. The molecule has 0 spiro atoms. The molecule has 3 fully saturated rings. The average molecular weight is 1100 g/mol. The van der Waals surface area contributed by atoms with Crippen molar-refractivity contribution >= 4 is 41.1 Å². The SMILES string of the molecule is CO[C@H]1C[C@@H]2CC[C@@H](C)[C@@](O)(O2)C(=O)C(=O)N2CCCC[C@H]2C(=O)O[C@H]([C@H](C)C[C@@H]2CC[C@@H](O)[C@H](OC)C2)CC(=O)[C@H](C)/C=C(\C)[C@@H](O)[C@@H](OC)C(=O)[C@H](C)C[C@H](C)/C=C/C=CC=C1C.O=C(O)Oc1ccc([N+](=O)[O-])cc1. The molecule has 15 atom stereocenters. The minimum absolute atomic E-state index is 0.0193. The van der Waals surface area contributed by atoms with Gasteiger partial charge >= 0.3 is 12.1 Å². The van der Waals surface area contributed by atoms with E-state index in [2.05, 4.69) is 4.74 Å². The molecule has 0 aromatic heterocycles. The number of methoxy groups -OCH3 is 3. The van der Waals surface area contributed by atoms with E-state index in [0.29, 0.717) is 63.4 Å². The van der Waals surface area contributed by atoms with Gasteiger partial charge in [0, 0.05) is 70.6 Å². The first kappa shape index (κ1) is 65.0. The van der Waals surface area contributed by atoms with Gasteiger partial charge in [0.1, 0.15) is 35.9 Å². The number of carboxylic acid groups (broad SMARTS) is 1. The van der Waals surface area contributed by atoms with Crippen molar-refractivity contribution in [3.05, 3.63) is 82.0 Å². The largest absolute Gasteiger partial charge is 0.511 e. The monoisotopic (exact) mass is 1100 g/mol. The van der Waals surface area contributed by atoms with E-state index in [4.69, 9.17) is 28.8 Å². The third kappa shape index (κ3) is 18.3. The number of amides is 1. The molecule has 0 unspecified atom stereocenters. The number of nitro groups is 1. The lowest BCUT2D eigenvalue weighted by molar-refractivity contribution is -0.384. The molecule has 3 heterocycles. The molecule has 434 valence electrons. The van der Waals surface area contributed by atoms with E-state index in [-0.39, 0.29) is 66.2 Å². The Morgan fingerprint density at radius 2 is 1.56 bits per heavy atom. The van der Waals surface area contributed by atoms with Crippen LogP contribution in [0, 0.1) is 45.6 Å². The molecule has 0 radical (unpaired) electrons. The van der Waals surface area contributed by atoms with Gasteiger partial charge in [-0.15, -0.1) is 0 Å². The number of ketones is 3. The number of esters is 1. The van der Waals surface area contributed by atoms with Crippen molar-refractivity contribution in [3.8, 4) is 5.75 Å². The molecule has 1 aromatic carbocycles. The van der Waals surface area contributed by atoms with Crippen LogP contribution in [0.25, 0.3) is 0 Å². The number of Topliss-reactive ketones (excluding diaryl/α,β-unsaturated/α-hetero) is 3. The van der Waals surface area contributed by atoms with E-state index in [1.807, 2.05) is 58.1 Å². The summed E-state index contributed by atoms with van der Waals surface area (Å²) in [7, 11) is 4.52. The van der Waals surface area contributed by atoms with Crippen LogP contribution in [0.3, 0.4) is 0 Å². The van der Waals surface area contributed by atoms with Gasteiger partial charge in [-0.1, -0.05) is 71.1 Å². The number of hydrogen-bond donors (Lipinski definition) is 4. The number of ether oxygens (including phenoxy) is 6. The van der Waals surface area contributed by atoms with Gasteiger partial charge in [-0.25, -0.2) is 9.59 Å². The van der Waals surface area contributed by atoms with Crippen LogP contribution < -0.4 is 4.74 Å². The maximum Gasteiger partial charge on any atom is 0.511 e. The van der Waals surface area contributed by atoms with Crippen LogP contribution in [0.15, 0.2) is 71.9 Å². The topological polar surface area (TPSA) is 285 Å². The zero-order chi connectivity index (χ0) is 58.0. The van der Waals surface area contributed by atoms with Gasteiger partial charge in [0.05, 0.1) is 29.3 Å². The Labute approximate surface area is 458 Å². The quantitative estimate of drug-likeness (QED) is 0.0481. The summed E-state index contributed by atoms with van der Waals surface area (Å²) in [5, 5.41) is 52.2. The second-order valence-electron chi connectivity index (χ2n) is 21.7. The lowest BCUT2D eigenvalue weighted by atomic mass is 9.78. The first-order chi connectivity index (χ1) is 36.8.